The summed E-state index contributed by atoms with van der Waals surface area (Å²) in [4.78, 5) is 4.54. The monoisotopic (exact) mass is 318 g/mol. The summed E-state index contributed by atoms with van der Waals surface area (Å²) >= 11 is 3.52. The zero-order valence-corrected chi connectivity index (χ0v) is 12.2. The van der Waals surface area contributed by atoms with Gasteiger partial charge < -0.3 is 0 Å². The van der Waals surface area contributed by atoms with Crippen LogP contribution in [0.5, 0.6) is 0 Å². The molecule has 2 aromatic heterocycles. The lowest BCUT2D eigenvalue weighted by Crippen LogP contribution is -1.91. The van der Waals surface area contributed by atoms with Crippen LogP contribution in [0.4, 0.5) is 4.39 Å². The molecular weight excluding hydrogens is 307 g/mol. The van der Waals surface area contributed by atoms with Gasteiger partial charge in [0.25, 0.3) is 0 Å². The second-order valence-electron chi connectivity index (χ2n) is 4.59. The van der Waals surface area contributed by atoms with Crippen LogP contribution in [0.2, 0.25) is 0 Å². The normalized spacial score (nSPS) is 11.2. The first-order chi connectivity index (χ1) is 9.06. The molecule has 0 N–H and O–H groups in total. The Balaban J connectivity index is 2.34. The second kappa shape index (κ2) is 4.46. The van der Waals surface area contributed by atoms with Crippen molar-refractivity contribution in [3.63, 3.8) is 0 Å². The number of rotatable bonds is 1. The van der Waals surface area contributed by atoms with Gasteiger partial charge >= 0.3 is 0 Å². The summed E-state index contributed by atoms with van der Waals surface area (Å²) in [5, 5.41) is 0. The van der Waals surface area contributed by atoms with Gasteiger partial charge in [0.1, 0.15) is 11.5 Å². The van der Waals surface area contributed by atoms with Crippen molar-refractivity contribution >= 4 is 21.6 Å². The van der Waals surface area contributed by atoms with E-state index < -0.39 is 0 Å². The maximum absolute atomic E-state index is 13.4. The highest BCUT2D eigenvalue weighted by atomic mass is 79.9. The molecule has 0 unspecified atom stereocenters. The van der Waals surface area contributed by atoms with E-state index in [1.54, 1.807) is 6.07 Å². The Morgan fingerprint density at radius 3 is 2.74 bits per heavy atom. The molecule has 0 radical (unpaired) electrons. The van der Waals surface area contributed by atoms with Gasteiger partial charge in [-0.1, -0.05) is 12.1 Å². The van der Waals surface area contributed by atoms with Gasteiger partial charge in [-0.3, -0.25) is 4.40 Å². The number of halogens is 2. The fraction of sp³-hybridized carbons (Fsp3) is 0.133. The van der Waals surface area contributed by atoms with Crippen molar-refractivity contribution in [2.75, 3.05) is 0 Å². The van der Waals surface area contributed by atoms with E-state index in [-0.39, 0.29) is 5.82 Å². The third kappa shape index (κ3) is 2.06. The molecule has 0 amide bonds. The Morgan fingerprint density at radius 2 is 2.00 bits per heavy atom. The van der Waals surface area contributed by atoms with Crippen LogP contribution in [0, 0.1) is 19.7 Å². The Kier molecular flexibility index (Phi) is 2.90. The highest BCUT2D eigenvalue weighted by Crippen LogP contribution is 2.28. The number of imidazole rings is 1. The lowest BCUT2D eigenvalue weighted by Gasteiger charge is -2.05. The molecule has 96 valence electrons. The molecule has 0 bridgehead atoms. The summed E-state index contributed by atoms with van der Waals surface area (Å²) in [5.41, 5.74) is 4.65. The van der Waals surface area contributed by atoms with Gasteiger partial charge in [-0.25, -0.2) is 9.37 Å². The first kappa shape index (κ1) is 12.4. The van der Waals surface area contributed by atoms with E-state index in [1.807, 2.05) is 36.6 Å². The molecule has 0 spiro atoms. The molecule has 19 heavy (non-hydrogen) atoms. The van der Waals surface area contributed by atoms with E-state index in [1.165, 1.54) is 12.1 Å². The molecule has 0 fully saturated rings. The van der Waals surface area contributed by atoms with Crippen LogP contribution in [0.15, 0.2) is 41.0 Å². The van der Waals surface area contributed by atoms with Gasteiger partial charge in [0.05, 0.1) is 11.4 Å². The fourth-order valence-electron chi connectivity index (χ4n) is 2.26. The van der Waals surface area contributed by atoms with Gasteiger partial charge in [-0.2, -0.15) is 0 Å². The Hall–Kier alpha value is -1.68. The van der Waals surface area contributed by atoms with Crippen LogP contribution in [-0.2, 0) is 0 Å². The molecule has 0 saturated heterocycles. The first-order valence-electron chi connectivity index (χ1n) is 5.97. The lowest BCUT2D eigenvalue weighted by atomic mass is 10.1. The molecule has 0 aliphatic heterocycles. The first-order valence-corrected chi connectivity index (χ1v) is 6.76. The van der Waals surface area contributed by atoms with Gasteiger partial charge in [-0.05, 0) is 53.5 Å². The van der Waals surface area contributed by atoms with Crippen molar-refractivity contribution < 1.29 is 4.39 Å². The Morgan fingerprint density at radius 1 is 1.21 bits per heavy atom. The average Bonchev–Trinajstić information content (AvgIpc) is 2.65. The van der Waals surface area contributed by atoms with Gasteiger partial charge in [0.15, 0.2) is 0 Å². The SMILES string of the molecule is Cc1cc2nc(C)c(-c3cccc(F)c3)n2cc1Br. The second-order valence-corrected chi connectivity index (χ2v) is 5.44. The minimum Gasteiger partial charge on any atom is -0.298 e. The van der Waals surface area contributed by atoms with E-state index in [4.69, 9.17) is 0 Å². The van der Waals surface area contributed by atoms with E-state index in [0.29, 0.717) is 0 Å². The van der Waals surface area contributed by atoms with Crippen molar-refractivity contribution in [3.8, 4) is 11.3 Å². The van der Waals surface area contributed by atoms with Crippen LogP contribution >= 0.6 is 15.9 Å². The summed E-state index contributed by atoms with van der Waals surface area (Å²) in [6.07, 6.45) is 1.98. The molecule has 0 aliphatic carbocycles. The summed E-state index contributed by atoms with van der Waals surface area (Å²) < 4.78 is 16.4. The van der Waals surface area contributed by atoms with Crippen molar-refractivity contribution in [1.82, 2.24) is 9.38 Å². The number of hydrogen-bond acceptors (Lipinski definition) is 1. The molecule has 2 nitrogen and oxygen atoms in total. The number of hydrogen-bond donors (Lipinski definition) is 0. The van der Waals surface area contributed by atoms with Crippen molar-refractivity contribution in [3.05, 3.63) is 58.1 Å². The lowest BCUT2D eigenvalue weighted by molar-refractivity contribution is 0.628. The van der Waals surface area contributed by atoms with E-state index >= 15 is 0 Å². The molecule has 4 heteroatoms. The molecular formula is C15H12BrFN2. The third-order valence-corrected chi connectivity index (χ3v) is 4.01. The summed E-state index contributed by atoms with van der Waals surface area (Å²) in [5.74, 6) is -0.238. The van der Waals surface area contributed by atoms with Crippen molar-refractivity contribution in [2.24, 2.45) is 0 Å². The predicted molar refractivity (Wildman–Crippen MR) is 77.8 cm³/mol. The van der Waals surface area contributed by atoms with Crippen LogP contribution < -0.4 is 0 Å². The van der Waals surface area contributed by atoms with Gasteiger partial charge in [0.2, 0.25) is 0 Å². The number of pyridine rings is 1. The topological polar surface area (TPSA) is 17.3 Å². The van der Waals surface area contributed by atoms with Crippen LogP contribution in [-0.4, -0.2) is 9.38 Å². The Labute approximate surface area is 119 Å². The van der Waals surface area contributed by atoms with Crippen molar-refractivity contribution in [2.45, 2.75) is 13.8 Å². The van der Waals surface area contributed by atoms with E-state index in [0.717, 1.165) is 32.6 Å². The van der Waals surface area contributed by atoms with E-state index in [9.17, 15) is 4.39 Å². The molecule has 3 aromatic rings. The molecule has 0 aliphatic rings. The number of fused-ring (bicyclic) bond motifs is 1. The summed E-state index contributed by atoms with van der Waals surface area (Å²) in [6.45, 7) is 3.96. The highest BCUT2D eigenvalue weighted by molar-refractivity contribution is 9.10. The van der Waals surface area contributed by atoms with Crippen LogP contribution in [0.3, 0.4) is 0 Å². The Bertz CT molecular complexity index is 777. The largest absolute Gasteiger partial charge is 0.298 e. The zero-order chi connectivity index (χ0) is 13.6. The zero-order valence-electron chi connectivity index (χ0n) is 10.6. The maximum atomic E-state index is 13.4. The number of nitrogens with zero attached hydrogens (tertiary/aromatic N) is 2. The van der Waals surface area contributed by atoms with Crippen LogP contribution in [0.1, 0.15) is 11.3 Å². The standard InChI is InChI=1S/C15H12BrFN2/c1-9-6-14-18-10(2)15(19(14)8-13(9)16)11-4-3-5-12(17)7-11/h3-8H,1-2H3. The molecule has 3 rings (SSSR count). The van der Waals surface area contributed by atoms with E-state index in [2.05, 4.69) is 20.9 Å². The molecule has 0 atom stereocenters. The van der Waals surface area contributed by atoms with Crippen molar-refractivity contribution in [1.29, 1.82) is 0 Å². The summed E-state index contributed by atoms with van der Waals surface area (Å²) in [6, 6.07) is 8.60. The minimum absolute atomic E-state index is 0.238. The van der Waals surface area contributed by atoms with Gasteiger partial charge in [-0.15, -0.1) is 0 Å². The number of aromatic nitrogens is 2. The third-order valence-electron chi connectivity index (χ3n) is 3.18. The molecule has 0 saturated carbocycles. The highest BCUT2D eigenvalue weighted by Gasteiger charge is 2.12. The minimum atomic E-state index is -0.238. The quantitative estimate of drug-likeness (QED) is 0.644. The number of aryl methyl sites for hydroxylation is 2. The average molecular weight is 319 g/mol. The number of benzene rings is 1. The molecule has 2 heterocycles. The predicted octanol–water partition coefficient (Wildman–Crippen LogP) is 4.52. The summed E-state index contributed by atoms with van der Waals surface area (Å²) in [7, 11) is 0. The smallest absolute Gasteiger partial charge is 0.137 e. The fourth-order valence-corrected chi connectivity index (χ4v) is 2.58. The molecule has 1 aromatic carbocycles. The maximum Gasteiger partial charge on any atom is 0.137 e. The van der Waals surface area contributed by atoms with Crippen LogP contribution in [0.25, 0.3) is 16.9 Å². The van der Waals surface area contributed by atoms with Gasteiger partial charge in [0, 0.05) is 16.2 Å².